The SMILES string of the molecule is CC.CCNCc1ccc2c(c1)CC(=O)N2.[HH].[HH]. The maximum Gasteiger partial charge on any atom is 0.228 e. The van der Waals surface area contributed by atoms with E-state index in [9.17, 15) is 4.79 Å². The first-order chi connectivity index (χ1) is 7.79. The van der Waals surface area contributed by atoms with Crippen LogP contribution in [0.15, 0.2) is 18.2 Å². The molecule has 0 bridgehead atoms. The highest BCUT2D eigenvalue weighted by molar-refractivity contribution is 5.99. The third kappa shape index (κ3) is 3.07. The molecular formula is C13H24N2O. The lowest BCUT2D eigenvalue weighted by molar-refractivity contribution is -0.115. The number of amides is 1. The van der Waals surface area contributed by atoms with Gasteiger partial charge < -0.3 is 10.6 Å². The van der Waals surface area contributed by atoms with Gasteiger partial charge in [-0.3, -0.25) is 4.79 Å². The summed E-state index contributed by atoms with van der Waals surface area (Å²) in [5, 5.41) is 6.08. The number of hydrogen-bond acceptors (Lipinski definition) is 2. The molecule has 1 heterocycles. The number of hydrogen-bond donors (Lipinski definition) is 2. The van der Waals surface area contributed by atoms with Gasteiger partial charge in [-0.25, -0.2) is 0 Å². The van der Waals surface area contributed by atoms with Gasteiger partial charge in [-0.15, -0.1) is 0 Å². The molecule has 0 radical (unpaired) electrons. The second-order valence-electron chi connectivity index (χ2n) is 3.50. The Morgan fingerprint density at radius 2 is 2.19 bits per heavy atom. The van der Waals surface area contributed by atoms with Crippen molar-refractivity contribution >= 4 is 11.6 Å². The molecule has 0 unspecified atom stereocenters. The van der Waals surface area contributed by atoms with Gasteiger partial charge in [-0.2, -0.15) is 0 Å². The molecule has 0 fully saturated rings. The van der Waals surface area contributed by atoms with Crippen LogP contribution >= 0.6 is 0 Å². The van der Waals surface area contributed by atoms with E-state index in [0.717, 1.165) is 24.3 Å². The standard InChI is InChI=1S/C11H14N2O.C2H6.2H2/c1-2-12-7-8-3-4-10-9(5-8)6-11(14)13-10;1-2;;/h3-5,12H,2,6-7H2,1H3,(H,13,14);1-2H3;2*1H. The summed E-state index contributed by atoms with van der Waals surface area (Å²) in [6, 6.07) is 6.12. The van der Waals surface area contributed by atoms with E-state index >= 15 is 0 Å². The lowest BCUT2D eigenvalue weighted by Gasteiger charge is -2.04. The summed E-state index contributed by atoms with van der Waals surface area (Å²) >= 11 is 0. The Bertz CT molecular complexity index is 370. The number of carbonyl (C=O) groups excluding carboxylic acids is 1. The fourth-order valence-electron chi connectivity index (χ4n) is 1.66. The Kier molecular flexibility index (Phi) is 4.99. The van der Waals surface area contributed by atoms with E-state index in [2.05, 4.69) is 23.6 Å². The van der Waals surface area contributed by atoms with E-state index in [4.69, 9.17) is 0 Å². The van der Waals surface area contributed by atoms with E-state index in [1.54, 1.807) is 0 Å². The van der Waals surface area contributed by atoms with Crippen molar-refractivity contribution in [1.82, 2.24) is 5.32 Å². The monoisotopic (exact) mass is 224 g/mol. The van der Waals surface area contributed by atoms with Gasteiger partial charge in [0.1, 0.15) is 0 Å². The fraction of sp³-hybridized carbons (Fsp3) is 0.462. The van der Waals surface area contributed by atoms with Gasteiger partial charge >= 0.3 is 0 Å². The zero-order valence-electron chi connectivity index (χ0n) is 10.3. The van der Waals surface area contributed by atoms with Crippen LogP contribution in [-0.2, 0) is 17.8 Å². The minimum absolute atomic E-state index is 0. The molecule has 1 aromatic carbocycles. The minimum atomic E-state index is 0. The topological polar surface area (TPSA) is 41.1 Å². The number of anilines is 1. The molecule has 92 valence electrons. The zero-order valence-corrected chi connectivity index (χ0v) is 10.3. The van der Waals surface area contributed by atoms with Crippen LogP contribution in [0.2, 0.25) is 0 Å². The van der Waals surface area contributed by atoms with E-state index in [1.165, 1.54) is 5.56 Å². The van der Waals surface area contributed by atoms with Gasteiger partial charge in [0.15, 0.2) is 0 Å². The first-order valence-electron chi connectivity index (χ1n) is 5.92. The minimum Gasteiger partial charge on any atom is -0.326 e. The Balaban J connectivity index is 0. The smallest absolute Gasteiger partial charge is 0.228 e. The Hall–Kier alpha value is -1.35. The summed E-state index contributed by atoms with van der Waals surface area (Å²) in [6.45, 7) is 7.92. The van der Waals surface area contributed by atoms with Crippen molar-refractivity contribution in [1.29, 1.82) is 0 Å². The first kappa shape index (κ1) is 12.7. The molecule has 2 rings (SSSR count). The van der Waals surface area contributed by atoms with Crippen molar-refractivity contribution < 1.29 is 7.65 Å². The first-order valence-corrected chi connectivity index (χ1v) is 5.92. The molecule has 0 aromatic heterocycles. The van der Waals surface area contributed by atoms with Crippen molar-refractivity contribution in [3.05, 3.63) is 29.3 Å². The third-order valence-electron chi connectivity index (χ3n) is 2.37. The average Bonchev–Trinajstić information content (AvgIpc) is 2.68. The largest absolute Gasteiger partial charge is 0.326 e. The highest BCUT2D eigenvalue weighted by Crippen LogP contribution is 2.23. The lowest BCUT2D eigenvalue weighted by atomic mass is 10.1. The van der Waals surface area contributed by atoms with E-state index in [0.29, 0.717) is 6.42 Å². The zero-order chi connectivity index (χ0) is 12.0. The molecule has 2 N–H and O–H groups in total. The van der Waals surface area contributed by atoms with Crippen LogP contribution in [-0.4, -0.2) is 12.5 Å². The predicted molar refractivity (Wildman–Crippen MR) is 71.7 cm³/mol. The number of carbonyl (C=O) groups is 1. The van der Waals surface area contributed by atoms with E-state index in [-0.39, 0.29) is 8.76 Å². The summed E-state index contributed by atoms with van der Waals surface area (Å²) in [6.07, 6.45) is 0.523. The van der Waals surface area contributed by atoms with E-state index < -0.39 is 0 Å². The number of benzene rings is 1. The van der Waals surface area contributed by atoms with Gasteiger partial charge in [-0.1, -0.05) is 32.9 Å². The predicted octanol–water partition coefficient (Wildman–Crippen LogP) is 2.81. The molecule has 0 saturated carbocycles. The molecule has 3 nitrogen and oxygen atoms in total. The molecule has 1 amide bonds. The fourth-order valence-corrected chi connectivity index (χ4v) is 1.66. The van der Waals surface area contributed by atoms with Crippen molar-refractivity contribution in [2.24, 2.45) is 0 Å². The molecule has 0 atom stereocenters. The maximum absolute atomic E-state index is 11.1. The second kappa shape index (κ2) is 6.28. The average molecular weight is 224 g/mol. The summed E-state index contributed by atoms with van der Waals surface area (Å²) in [4.78, 5) is 11.1. The Morgan fingerprint density at radius 3 is 2.88 bits per heavy atom. The van der Waals surface area contributed by atoms with Crippen LogP contribution < -0.4 is 10.6 Å². The summed E-state index contributed by atoms with van der Waals surface area (Å²) in [5.41, 5.74) is 3.32. The van der Waals surface area contributed by atoms with Gasteiger partial charge in [-0.05, 0) is 23.7 Å². The molecule has 1 aliphatic rings. The molecule has 3 heteroatoms. The van der Waals surface area contributed by atoms with Crippen LogP contribution in [0.4, 0.5) is 5.69 Å². The van der Waals surface area contributed by atoms with Crippen molar-refractivity contribution in [3.63, 3.8) is 0 Å². The van der Waals surface area contributed by atoms with Gasteiger partial charge in [0, 0.05) is 15.1 Å². The van der Waals surface area contributed by atoms with Crippen molar-refractivity contribution in [3.8, 4) is 0 Å². The summed E-state index contributed by atoms with van der Waals surface area (Å²) in [7, 11) is 0. The Morgan fingerprint density at radius 1 is 1.44 bits per heavy atom. The lowest BCUT2D eigenvalue weighted by Crippen LogP contribution is -2.11. The van der Waals surface area contributed by atoms with Crippen LogP contribution in [0.5, 0.6) is 0 Å². The molecule has 1 aromatic rings. The Labute approximate surface area is 100 Å². The quantitative estimate of drug-likeness (QED) is 0.829. The van der Waals surface area contributed by atoms with Crippen LogP contribution in [0, 0.1) is 0 Å². The van der Waals surface area contributed by atoms with Crippen molar-refractivity contribution in [2.45, 2.75) is 33.7 Å². The van der Waals surface area contributed by atoms with Gasteiger partial charge in [0.05, 0.1) is 6.42 Å². The molecular weight excluding hydrogens is 200 g/mol. The molecule has 0 aliphatic carbocycles. The number of nitrogens with one attached hydrogen (secondary N) is 2. The number of fused-ring (bicyclic) bond motifs is 1. The van der Waals surface area contributed by atoms with Crippen molar-refractivity contribution in [2.75, 3.05) is 11.9 Å². The van der Waals surface area contributed by atoms with Crippen LogP contribution in [0.1, 0.15) is 34.8 Å². The molecule has 0 saturated heterocycles. The molecule has 0 spiro atoms. The third-order valence-corrected chi connectivity index (χ3v) is 2.37. The van der Waals surface area contributed by atoms with Gasteiger partial charge in [0.25, 0.3) is 0 Å². The van der Waals surface area contributed by atoms with Gasteiger partial charge in [0.2, 0.25) is 5.91 Å². The number of rotatable bonds is 3. The maximum atomic E-state index is 11.1. The summed E-state index contributed by atoms with van der Waals surface area (Å²) < 4.78 is 0. The van der Waals surface area contributed by atoms with E-state index in [1.807, 2.05) is 26.0 Å². The normalized spacial score (nSPS) is 12.6. The van der Waals surface area contributed by atoms with Crippen LogP contribution in [0.25, 0.3) is 0 Å². The molecule has 1 aliphatic heterocycles. The summed E-state index contributed by atoms with van der Waals surface area (Å²) in [5.74, 6) is 0.0978. The molecule has 16 heavy (non-hydrogen) atoms. The highest BCUT2D eigenvalue weighted by Gasteiger charge is 2.16. The van der Waals surface area contributed by atoms with Crippen LogP contribution in [0.3, 0.4) is 0 Å². The highest BCUT2D eigenvalue weighted by atomic mass is 16.1. The second-order valence-corrected chi connectivity index (χ2v) is 3.50.